The molecular formula is C11H16O4S. The van der Waals surface area contributed by atoms with Gasteiger partial charge >= 0.3 is 5.97 Å². The fraction of sp³-hybridized carbons (Fsp3) is 0.545. The molecule has 16 heavy (non-hydrogen) atoms. The predicted molar refractivity (Wildman–Crippen MR) is 62.6 cm³/mol. The van der Waals surface area contributed by atoms with Crippen LogP contribution in [0.25, 0.3) is 0 Å². The lowest BCUT2D eigenvalue weighted by atomic mass is 10.3. The lowest BCUT2D eigenvalue weighted by Crippen LogP contribution is -2.02. The van der Waals surface area contributed by atoms with Crippen LogP contribution >= 0.6 is 11.8 Å². The van der Waals surface area contributed by atoms with Crippen LogP contribution in [0.5, 0.6) is 0 Å². The number of rotatable bonds is 5. The monoisotopic (exact) mass is 244 g/mol. The molecule has 4 nitrogen and oxygen atoms in total. The number of aliphatic hydroxyl groups is 1. The Hall–Kier alpha value is -0.940. The molecular weight excluding hydrogens is 228 g/mol. The van der Waals surface area contributed by atoms with E-state index < -0.39 is 5.97 Å². The summed E-state index contributed by atoms with van der Waals surface area (Å²) in [6.45, 7) is 3.87. The largest absolute Gasteiger partial charge is 0.463 e. The topological polar surface area (TPSA) is 59.7 Å². The van der Waals surface area contributed by atoms with Crippen LogP contribution in [0.3, 0.4) is 0 Å². The highest BCUT2D eigenvalue weighted by atomic mass is 32.2. The zero-order valence-electron chi connectivity index (χ0n) is 9.65. The molecule has 0 aliphatic rings. The van der Waals surface area contributed by atoms with E-state index in [-0.39, 0.29) is 17.6 Å². The van der Waals surface area contributed by atoms with E-state index in [4.69, 9.17) is 9.52 Å². The SMILES string of the molecule is COC(=O)c1oc(CSC(C)CO)cc1C. The van der Waals surface area contributed by atoms with Crippen molar-refractivity contribution >= 4 is 17.7 Å². The van der Waals surface area contributed by atoms with Crippen molar-refractivity contribution in [1.82, 2.24) is 0 Å². The Morgan fingerprint density at radius 2 is 2.38 bits per heavy atom. The van der Waals surface area contributed by atoms with E-state index in [0.717, 1.165) is 11.3 Å². The summed E-state index contributed by atoms with van der Waals surface area (Å²) < 4.78 is 9.98. The van der Waals surface area contributed by atoms with E-state index in [2.05, 4.69) is 4.74 Å². The van der Waals surface area contributed by atoms with Crippen LogP contribution in [0.15, 0.2) is 10.5 Å². The van der Waals surface area contributed by atoms with E-state index >= 15 is 0 Å². The lowest BCUT2D eigenvalue weighted by molar-refractivity contribution is 0.0562. The molecule has 0 bridgehead atoms. The Morgan fingerprint density at radius 1 is 1.69 bits per heavy atom. The smallest absolute Gasteiger partial charge is 0.374 e. The quantitative estimate of drug-likeness (QED) is 0.803. The highest BCUT2D eigenvalue weighted by Crippen LogP contribution is 2.22. The number of thioether (sulfide) groups is 1. The molecule has 0 fully saturated rings. The van der Waals surface area contributed by atoms with Gasteiger partial charge in [-0.25, -0.2) is 4.79 Å². The average Bonchev–Trinajstić information content (AvgIpc) is 2.66. The number of carbonyl (C=O) groups is 1. The number of aliphatic hydroxyl groups excluding tert-OH is 1. The van der Waals surface area contributed by atoms with Gasteiger partial charge in [-0.1, -0.05) is 6.92 Å². The first-order valence-electron chi connectivity index (χ1n) is 4.98. The van der Waals surface area contributed by atoms with Crippen LogP contribution in [0, 0.1) is 6.92 Å². The van der Waals surface area contributed by atoms with Gasteiger partial charge in [0.2, 0.25) is 5.76 Å². The fourth-order valence-electron chi connectivity index (χ4n) is 1.19. The highest BCUT2D eigenvalue weighted by Gasteiger charge is 2.16. The normalized spacial score (nSPS) is 12.5. The number of furan rings is 1. The van der Waals surface area contributed by atoms with Gasteiger partial charge in [0.25, 0.3) is 0 Å². The van der Waals surface area contributed by atoms with E-state index in [1.807, 2.05) is 13.0 Å². The molecule has 0 aliphatic carbocycles. The van der Waals surface area contributed by atoms with Crippen molar-refractivity contribution in [3.8, 4) is 0 Å². The Labute approximate surface area is 99.0 Å². The van der Waals surface area contributed by atoms with Crippen LogP contribution in [-0.4, -0.2) is 30.0 Å². The zero-order valence-corrected chi connectivity index (χ0v) is 10.5. The molecule has 90 valence electrons. The van der Waals surface area contributed by atoms with Gasteiger partial charge in [-0.15, -0.1) is 11.8 Å². The molecule has 1 atom stereocenters. The summed E-state index contributed by atoms with van der Waals surface area (Å²) in [4.78, 5) is 11.3. The molecule has 1 N–H and O–H groups in total. The number of carbonyl (C=O) groups excluding carboxylic acids is 1. The fourth-order valence-corrected chi connectivity index (χ4v) is 1.89. The summed E-state index contributed by atoms with van der Waals surface area (Å²) in [6.07, 6.45) is 0. The molecule has 0 saturated heterocycles. The molecule has 1 aromatic rings. The summed E-state index contributed by atoms with van der Waals surface area (Å²) in [5.41, 5.74) is 0.777. The van der Waals surface area contributed by atoms with Crippen molar-refractivity contribution in [2.45, 2.75) is 24.9 Å². The third-order valence-corrected chi connectivity index (χ3v) is 3.28. The Kier molecular flexibility index (Phi) is 4.89. The number of hydrogen-bond acceptors (Lipinski definition) is 5. The molecule has 1 aromatic heterocycles. The minimum atomic E-state index is -0.455. The number of hydrogen-bond donors (Lipinski definition) is 1. The zero-order chi connectivity index (χ0) is 12.1. The van der Waals surface area contributed by atoms with Crippen LogP contribution in [0.2, 0.25) is 0 Å². The van der Waals surface area contributed by atoms with Crippen LogP contribution in [0.4, 0.5) is 0 Å². The maximum absolute atomic E-state index is 11.3. The molecule has 0 aromatic carbocycles. The maximum atomic E-state index is 11.3. The number of esters is 1. The molecule has 0 radical (unpaired) electrons. The number of ether oxygens (including phenoxy) is 1. The van der Waals surface area contributed by atoms with E-state index in [1.165, 1.54) is 7.11 Å². The summed E-state index contributed by atoms with van der Waals surface area (Å²) in [6, 6.07) is 1.82. The average molecular weight is 244 g/mol. The van der Waals surface area contributed by atoms with E-state index in [1.54, 1.807) is 18.7 Å². The van der Waals surface area contributed by atoms with E-state index in [0.29, 0.717) is 5.75 Å². The second-order valence-corrected chi connectivity index (χ2v) is 4.95. The van der Waals surface area contributed by atoms with Crippen LogP contribution in [0.1, 0.15) is 28.8 Å². The van der Waals surface area contributed by atoms with Gasteiger partial charge in [0, 0.05) is 10.8 Å². The molecule has 1 unspecified atom stereocenters. The Morgan fingerprint density at radius 3 is 2.94 bits per heavy atom. The first kappa shape index (κ1) is 13.1. The predicted octanol–water partition coefficient (Wildman–Crippen LogP) is 1.99. The third-order valence-electron chi connectivity index (χ3n) is 2.11. The van der Waals surface area contributed by atoms with Crippen molar-refractivity contribution in [2.24, 2.45) is 0 Å². The third kappa shape index (κ3) is 3.28. The van der Waals surface area contributed by atoms with Gasteiger partial charge in [-0.05, 0) is 13.0 Å². The Balaban J connectivity index is 2.66. The maximum Gasteiger partial charge on any atom is 0.374 e. The minimum Gasteiger partial charge on any atom is -0.463 e. The van der Waals surface area contributed by atoms with Crippen molar-refractivity contribution in [1.29, 1.82) is 0 Å². The van der Waals surface area contributed by atoms with Gasteiger partial charge in [0.1, 0.15) is 5.76 Å². The van der Waals surface area contributed by atoms with E-state index in [9.17, 15) is 4.79 Å². The summed E-state index contributed by atoms with van der Waals surface area (Å²) >= 11 is 1.57. The van der Waals surface area contributed by atoms with Crippen molar-refractivity contribution in [3.63, 3.8) is 0 Å². The number of methoxy groups -OCH3 is 1. The second kappa shape index (κ2) is 5.96. The number of aryl methyl sites for hydroxylation is 1. The van der Waals surface area contributed by atoms with Gasteiger partial charge in [0.15, 0.2) is 0 Å². The van der Waals surface area contributed by atoms with Crippen LogP contribution < -0.4 is 0 Å². The molecule has 0 saturated carbocycles. The molecule has 5 heteroatoms. The van der Waals surface area contributed by atoms with Gasteiger partial charge < -0.3 is 14.3 Å². The first-order valence-corrected chi connectivity index (χ1v) is 6.03. The molecule has 0 amide bonds. The standard InChI is InChI=1S/C11H16O4S/c1-7-4-9(6-16-8(2)5-12)15-10(7)11(13)14-3/h4,8,12H,5-6H2,1-3H3. The van der Waals surface area contributed by atoms with Crippen LogP contribution in [-0.2, 0) is 10.5 Å². The lowest BCUT2D eigenvalue weighted by Gasteiger charge is -2.04. The minimum absolute atomic E-state index is 0.133. The highest BCUT2D eigenvalue weighted by molar-refractivity contribution is 7.99. The Bertz CT molecular complexity index is 359. The van der Waals surface area contributed by atoms with Gasteiger partial charge in [-0.3, -0.25) is 0 Å². The molecule has 1 rings (SSSR count). The molecule has 1 heterocycles. The summed E-state index contributed by atoms with van der Waals surface area (Å²) in [7, 11) is 1.33. The first-order chi connectivity index (χ1) is 7.58. The van der Waals surface area contributed by atoms with Crippen molar-refractivity contribution < 1.29 is 19.1 Å². The van der Waals surface area contributed by atoms with Crippen molar-refractivity contribution in [3.05, 3.63) is 23.2 Å². The summed E-state index contributed by atoms with van der Waals surface area (Å²) in [5.74, 6) is 1.17. The molecule has 0 spiro atoms. The van der Waals surface area contributed by atoms with Crippen molar-refractivity contribution in [2.75, 3.05) is 13.7 Å². The summed E-state index contributed by atoms with van der Waals surface area (Å²) in [5, 5.41) is 9.03. The van der Waals surface area contributed by atoms with Gasteiger partial charge in [-0.2, -0.15) is 0 Å². The second-order valence-electron chi connectivity index (χ2n) is 3.52. The molecule has 0 aliphatic heterocycles. The van der Waals surface area contributed by atoms with Gasteiger partial charge in [0.05, 0.1) is 19.5 Å².